The van der Waals surface area contributed by atoms with Gasteiger partial charge in [-0.25, -0.2) is 0 Å². The van der Waals surface area contributed by atoms with Gasteiger partial charge in [0, 0.05) is 11.1 Å². The van der Waals surface area contributed by atoms with E-state index in [1.165, 1.54) is 23.1 Å². The Morgan fingerprint density at radius 1 is 1.06 bits per heavy atom. The third-order valence-corrected chi connectivity index (χ3v) is 7.18. The molecule has 3 aliphatic rings. The van der Waals surface area contributed by atoms with Crippen molar-refractivity contribution in [3.63, 3.8) is 0 Å². The highest BCUT2D eigenvalue weighted by atomic mass is 35.5. The minimum atomic E-state index is -0.911. The molecule has 2 aromatic rings. The largest absolute Gasteiger partial charge is 0.320 e. The van der Waals surface area contributed by atoms with Gasteiger partial charge >= 0.3 is 0 Å². The zero-order chi connectivity index (χ0) is 23.3. The lowest BCUT2D eigenvalue weighted by atomic mass is 9.85. The maximum atomic E-state index is 13.4. The molecule has 2 aromatic carbocycles. The van der Waals surface area contributed by atoms with Crippen molar-refractivity contribution in [1.29, 1.82) is 0 Å². The third-order valence-electron chi connectivity index (χ3n) is 6.83. The van der Waals surface area contributed by atoms with E-state index in [0.29, 0.717) is 10.6 Å². The second kappa shape index (κ2) is 8.12. The van der Waals surface area contributed by atoms with E-state index in [9.17, 15) is 24.5 Å². The molecule has 9 heteroatoms. The molecule has 2 fully saturated rings. The summed E-state index contributed by atoms with van der Waals surface area (Å²) in [7, 11) is 0. The van der Waals surface area contributed by atoms with Gasteiger partial charge in [-0.15, -0.1) is 0 Å². The summed E-state index contributed by atoms with van der Waals surface area (Å²) in [5.74, 6) is -1.88. The Morgan fingerprint density at radius 2 is 1.67 bits per heavy atom. The molecular weight excluding hydrogens is 446 g/mol. The second-order valence-corrected chi connectivity index (χ2v) is 9.02. The number of amides is 3. The van der Waals surface area contributed by atoms with Crippen molar-refractivity contribution < 1.29 is 19.3 Å². The van der Waals surface area contributed by atoms with E-state index in [1.54, 1.807) is 30.3 Å². The smallest absolute Gasteiger partial charge is 0.292 e. The number of likely N-dealkylation sites (tertiary alicyclic amines) is 1. The van der Waals surface area contributed by atoms with Crippen LogP contribution in [0.4, 0.5) is 11.4 Å². The number of nitro benzene ring substituents is 1. The first-order valence-electron chi connectivity index (χ1n) is 10.7. The number of carbonyl (C=O) groups excluding carboxylic acids is 3. The number of carbonyl (C=O) groups is 3. The summed E-state index contributed by atoms with van der Waals surface area (Å²) in [6.45, 7) is 0. The van der Waals surface area contributed by atoms with E-state index in [4.69, 9.17) is 11.6 Å². The molecule has 0 aromatic heterocycles. The zero-order valence-corrected chi connectivity index (χ0v) is 18.1. The molecule has 1 heterocycles. The van der Waals surface area contributed by atoms with Crippen molar-refractivity contribution in [1.82, 2.24) is 4.90 Å². The van der Waals surface area contributed by atoms with Crippen LogP contribution in [0.3, 0.4) is 0 Å². The number of para-hydroxylation sites is 2. The summed E-state index contributed by atoms with van der Waals surface area (Å²) < 4.78 is 0. The van der Waals surface area contributed by atoms with E-state index in [1.807, 2.05) is 12.2 Å². The number of rotatable bonds is 6. The van der Waals surface area contributed by atoms with E-state index in [-0.39, 0.29) is 41.4 Å². The van der Waals surface area contributed by atoms with Gasteiger partial charge < -0.3 is 5.32 Å². The second-order valence-electron chi connectivity index (χ2n) is 8.61. The highest BCUT2D eigenvalue weighted by molar-refractivity contribution is 6.31. The van der Waals surface area contributed by atoms with Gasteiger partial charge in [0.25, 0.3) is 5.69 Å². The van der Waals surface area contributed by atoms with Crippen molar-refractivity contribution in [2.75, 3.05) is 5.32 Å². The van der Waals surface area contributed by atoms with Crippen LogP contribution in [0.15, 0.2) is 60.7 Å². The lowest BCUT2D eigenvalue weighted by molar-refractivity contribution is -0.383. The number of nitrogens with zero attached hydrogens (tertiary/aromatic N) is 2. The number of anilines is 1. The fourth-order valence-electron chi connectivity index (χ4n) is 5.43. The number of allylic oxidation sites excluding steroid dienone is 2. The number of hydrogen-bond donors (Lipinski definition) is 1. The predicted octanol–water partition coefficient (Wildman–Crippen LogP) is 4.13. The topological polar surface area (TPSA) is 110 Å². The average molecular weight is 466 g/mol. The maximum Gasteiger partial charge on any atom is 0.292 e. The van der Waals surface area contributed by atoms with Crippen LogP contribution < -0.4 is 5.32 Å². The van der Waals surface area contributed by atoms with Gasteiger partial charge in [0.05, 0.1) is 29.2 Å². The summed E-state index contributed by atoms with van der Waals surface area (Å²) >= 11 is 6.41. The Kier molecular flexibility index (Phi) is 5.25. The van der Waals surface area contributed by atoms with E-state index in [0.717, 1.165) is 6.42 Å². The fourth-order valence-corrected chi connectivity index (χ4v) is 5.70. The normalized spacial score (nSPS) is 25.9. The van der Waals surface area contributed by atoms with Crippen molar-refractivity contribution >= 4 is 40.7 Å². The Labute approximate surface area is 194 Å². The number of benzene rings is 2. The summed E-state index contributed by atoms with van der Waals surface area (Å²) in [6.07, 6.45) is 4.55. The Hall–Kier alpha value is -3.52. The van der Waals surface area contributed by atoms with Crippen LogP contribution in [0.1, 0.15) is 24.4 Å². The monoisotopic (exact) mass is 465 g/mol. The Morgan fingerprint density at radius 3 is 2.30 bits per heavy atom. The first-order chi connectivity index (χ1) is 15.9. The number of fused-ring (bicyclic) bond motifs is 5. The van der Waals surface area contributed by atoms with Crippen LogP contribution in [0.2, 0.25) is 5.02 Å². The minimum Gasteiger partial charge on any atom is -0.320 e. The molecule has 33 heavy (non-hydrogen) atoms. The van der Waals surface area contributed by atoms with Crippen LogP contribution in [0, 0.1) is 33.8 Å². The fraction of sp³-hybridized carbons (Fsp3) is 0.292. The van der Waals surface area contributed by atoms with Gasteiger partial charge in [-0.1, -0.05) is 54.1 Å². The molecule has 1 saturated heterocycles. The maximum absolute atomic E-state index is 13.4. The van der Waals surface area contributed by atoms with Gasteiger partial charge in [0.2, 0.25) is 17.7 Å². The lowest BCUT2D eigenvalue weighted by Crippen LogP contribution is -2.38. The highest BCUT2D eigenvalue weighted by Crippen LogP contribution is 2.54. The summed E-state index contributed by atoms with van der Waals surface area (Å²) in [5.41, 5.74) is 0.285. The van der Waals surface area contributed by atoms with Crippen molar-refractivity contribution in [2.45, 2.75) is 18.9 Å². The number of halogens is 1. The first-order valence-corrected chi connectivity index (χ1v) is 11.1. The molecule has 2 aliphatic carbocycles. The molecule has 1 aliphatic heterocycles. The van der Waals surface area contributed by atoms with E-state index < -0.39 is 28.7 Å². The van der Waals surface area contributed by atoms with Crippen molar-refractivity contribution in [2.24, 2.45) is 23.7 Å². The molecule has 5 unspecified atom stereocenters. The van der Waals surface area contributed by atoms with Crippen LogP contribution in [-0.4, -0.2) is 27.5 Å². The molecular formula is C24H20ClN3O5. The average Bonchev–Trinajstić information content (AvgIpc) is 3.47. The molecule has 1 N–H and O–H groups in total. The summed E-state index contributed by atoms with van der Waals surface area (Å²) in [4.78, 5) is 51.7. The van der Waals surface area contributed by atoms with Crippen LogP contribution >= 0.6 is 11.6 Å². The number of hydrogen-bond acceptors (Lipinski definition) is 5. The minimum absolute atomic E-state index is 0.0362. The highest BCUT2D eigenvalue weighted by Gasteiger charge is 2.60. The SMILES string of the molecule is O=C(CC(c1ccccc1Cl)N1C(=O)C2C3C=CC(C3)C2C1=O)Nc1ccccc1[N+](=O)[O-]. The van der Waals surface area contributed by atoms with E-state index >= 15 is 0 Å². The number of nitro groups is 1. The summed E-state index contributed by atoms with van der Waals surface area (Å²) in [5, 5.41) is 14.2. The Bertz CT molecular complexity index is 1180. The lowest BCUT2D eigenvalue weighted by Gasteiger charge is -2.28. The third kappa shape index (κ3) is 3.51. The molecule has 1 saturated carbocycles. The summed E-state index contributed by atoms with van der Waals surface area (Å²) in [6, 6.07) is 11.7. The van der Waals surface area contributed by atoms with Gasteiger partial charge in [-0.05, 0) is 36.0 Å². The van der Waals surface area contributed by atoms with Crippen molar-refractivity contribution in [3.8, 4) is 0 Å². The van der Waals surface area contributed by atoms with E-state index in [2.05, 4.69) is 5.32 Å². The molecule has 3 amide bonds. The van der Waals surface area contributed by atoms with Crippen LogP contribution in [0.25, 0.3) is 0 Å². The molecule has 5 atom stereocenters. The molecule has 0 spiro atoms. The first kappa shape index (κ1) is 21.3. The molecule has 5 rings (SSSR count). The number of nitrogens with one attached hydrogen (secondary N) is 1. The molecule has 8 nitrogen and oxygen atoms in total. The quantitative estimate of drug-likeness (QED) is 0.298. The molecule has 0 radical (unpaired) electrons. The molecule has 2 bridgehead atoms. The van der Waals surface area contributed by atoms with Crippen LogP contribution in [0.5, 0.6) is 0 Å². The van der Waals surface area contributed by atoms with Crippen LogP contribution in [-0.2, 0) is 14.4 Å². The Balaban J connectivity index is 1.46. The van der Waals surface area contributed by atoms with Crippen molar-refractivity contribution in [3.05, 3.63) is 81.4 Å². The van der Waals surface area contributed by atoms with Gasteiger partial charge in [-0.3, -0.25) is 29.4 Å². The zero-order valence-electron chi connectivity index (χ0n) is 17.4. The standard InChI is InChI=1S/C24H20ClN3O5/c25-16-6-2-1-5-15(16)19(12-20(29)26-17-7-3-4-8-18(17)28(32)33)27-23(30)21-13-9-10-14(11-13)22(21)24(27)31/h1-10,13-14,19,21-22H,11-12H2,(H,26,29). The van der Waals surface area contributed by atoms with Gasteiger partial charge in [-0.2, -0.15) is 0 Å². The van der Waals surface area contributed by atoms with Gasteiger partial charge in [0.15, 0.2) is 0 Å². The molecule has 168 valence electrons. The van der Waals surface area contributed by atoms with Gasteiger partial charge in [0.1, 0.15) is 5.69 Å². The number of imide groups is 1. The predicted molar refractivity (Wildman–Crippen MR) is 120 cm³/mol.